The SMILES string of the molecule is CN=C1S/C(=C/c2cc(C)n(-c3ccc(OCc4ccccc4)cc3)c2C)C(=O)N1C. The van der Waals surface area contributed by atoms with Crippen LogP contribution in [0.4, 0.5) is 0 Å². The van der Waals surface area contributed by atoms with Crippen molar-refractivity contribution >= 4 is 28.9 Å². The number of carbonyl (C=O) groups excluding carboxylic acids is 1. The molecule has 0 aliphatic carbocycles. The van der Waals surface area contributed by atoms with Crippen molar-refractivity contribution in [3.05, 3.63) is 88.1 Å². The van der Waals surface area contributed by atoms with Crippen LogP contribution in [0.15, 0.2) is 70.6 Å². The predicted molar refractivity (Wildman–Crippen MR) is 128 cm³/mol. The van der Waals surface area contributed by atoms with E-state index in [0.717, 1.165) is 39.1 Å². The van der Waals surface area contributed by atoms with Gasteiger partial charge in [-0.2, -0.15) is 0 Å². The van der Waals surface area contributed by atoms with E-state index in [-0.39, 0.29) is 5.91 Å². The van der Waals surface area contributed by atoms with Gasteiger partial charge in [-0.1, -0.05) is 30.3 Å². The molecule has 6 heteroatoms. The minimum absolute atomic E-state index is 0.0182. The van der Waals surface area contributed by atoms with Crippen LogP contribution in [-0.2, 0) is 11.4 Å². The summed E-state index contributed by atoms with van der Waals surface area (Å²) in [5.74, 6) is 0.815. The average Bonchev–Trinajstić information content (AvgIpc) is 3.22. The van der Waals surface area contributed by atoms with Gasteiger partial charge in [0.2, 0.25) is 0 Å². The van der Waals surface area contributed by atoms with Crippen molar-refractivity contribution in [3.8, 4) is 11.4 Å². The number of hydrogen-bond acceptors (Lipinski definition) is 4. The van der Waals surface area contributed by atoms with Crippen molar-refractivity contribution in [2.24, 2.45) is 4.99 Å². The van der Waals surface area contributed by atoms with Crippen LogP contribution in [-0.4, -0.2) is 34.6 Å². The van der Waals surface area contributed by atoms with E-state index in [2.05, 4.69) is 53.7 Å². The average molecular weight is 432 g/mol. The highest BCUT2D eigenvalue weighted by Crippen LogP contribution is 2.33. The zero-order valence-corrected chi connectivity index (χ0v) is 18.9. The summed E-state index contributed by atoms with van der Waals surface area (Å²) in [5.41, 5.74) is 5.42. The fraction of sp³-hybridized carbons (Fsp3) is 0.200. The minimum Gasteiger partial charge on any atom is -0.489 e. The lowest BCUT2D eigenvalue weighted by Crippen LogP contribution is -2.23. The van der Waals surface area contributed by atoms with Crippen molar-refractivity contribution in [3.63, 3.8) is 0 Å². The molecule has 2 aromatic carbocycles. The smallest absolute Gasteiger partial charge is 0.266 e. The van der Waals surface area contributed by atoms with Crippen molar-refractivity contribution in [2.75, 3.05) is 14.1 Å². The molecule has 0 bridgehead atoms. The van der Waals surface area contributed by atoms with Crippen LogP contribution in [0, 0.1) is 13.8 Å². The lowest BCUT2D eigenvalue weighted by Gasteiger charge is -2.11. The highest BCUT2D eigenvalue weighted by atomic mass is 32.2. The Kier molecular flexibility index (Phi) is 6.00. The summed E-state index contributed by atoms with van der Waals surface area (Å²) in [6.07, 6.45) is 1.96. The van der Waals surface area contributed by atoms with Crippen LogP contribution in [0.3, 0.4) is 0 Å². The van der Waals surface area contributed by atoms with Gasteiger partial charge >= 0.3 is 0 Å². The van der Waals surface area contributed by atoms with Crippen molar-refractivity contribution in [2.45, 2.75) is 20.5 Å². The number of rotatable bonds is 5. The fourth-order valence-electron chi connectivity index (χ4n) is 3.65. The van der Waals surface area contributed by atoms with E-state index < -0.39 is 0 Å². The summed E-state index contributed by atoms with van der Waals surface area (Å²) in [6, 6.07) is 20.3. The molecule has 158 valence electrons. The Morgan fingerprint density at radius 2 is 1.77 bits per heavy atom. The van der Waals surface area contributed by atoms with Crippen LogP contribution >= 0.6 is 11.8 Å². The molecule has 1 fully saturated rings. The van der Waals surface area contributed by atoms with Crippen LogP contribution in [0.25, 0.3) is 11.8 Å². The number of nitrogens with zero attached hydrogens (tertiary/aromatic N) is 3. The number of amides is 1. The van der Waals surface area contributed by atoms with E-state index in [4.69, 9.17) is 4.74 Å². The van der Waals surface area contributed by atoms with Crippen LogP contribution < -0.4 is 4.74 Å². The molecule has 0 unspecified atom stereocenters. The first-order chi connectivity index (χ1) is 15.0. The fourth-order valence-corrected chi connectivity index (χ4v) is 4.57. The zero-order chi connectivity index (χ0) is 22.0. The van der Waals surface area contributed by atoms with Gasteiger partial charge in [0, 0.05) is 31.2 Å². The Labute approximate surface area is 187 Å². The second-order valence-electron chi connectivity index (χ2n) is 7.41. The van der Waals surface area contributed by atoms with Gasteiger partial charge in [-0.25, -0.2) is 0 Å². The standard InChI is InChI=1S/C25H25N3O2S/c1-17-14-20(15-23-24(29)27(4)25(26-3)31-23)18(2)28(17)21-10-12-22(13-11-21)30-16-19-8-6-5-7-9-19/h5-15H,16H2,1-4H3/b23-15+,26-25?. The summed E-state index contributed by atoms with van der Waals surface area (Å²) in [7, 11) is 3.46. The Hall–Kier alpha value is -3.25. The molecule has 4 rings (SSSR count). The first-order valence-electron chi connectivity index (χ1n) is 10.1. The van der Waals surface area contributed by atoms with E-state index in [1.807, 2.05) is 36.4 Å². The van der Waals surface area contributed by atoms with Gasteiger partial charge in [-0.15, -0.1) is 0 Å². The molecule has 3 aromatic rings. The summed E-state index contributed by atoms with van der Waals surface area (Å²) < 4.78 is 8.10. The van der Waals surface area contributed by atoms with Crippen LogP contribution in [0.1, 0.15) is 22.5 Å². The number of ether oxygens (including phenoxy) is 1. The van der Waals surface area contributed by atoms with Gasteiger partial charge in [-0.3, -0.25) is 14.7 Å². The Morgan fingerprint density at radius 3 is 2.42 bits per heavy atom. The van der Waals surface area contributed by atoms with Crippen molar-refractivity contribution in [1.82, 2.24) is 9.47 Å². The van der Waals surface area contributed by atoms with Gasteiger partial charge in [0.15, 0.2) is 5.17 Å². The largest absolute Gasteiger partial charge is 0.489 e. The number of benzene rings is 2. The maximum Gasteiger partial charge on any atom is 0.266 e. The van der Waals surface area contributed by atoms with E-state index in [1.54, 1.807) is 19.0 Å². The number of likely N-dealkylation sites (N-methyl/N-ethyl adjacent to an activating group) is 1. The molecule has 1 aromatic heterocycles. The van der Waals surface area contributed by atoms with E-state index >= 15 is 0 Å². The van der Waals surface area contributed by atoms with Crippen LogP contribution in [0.5, 0.6) is 5.75 Å². The topological polar surface area (TPSA) is 46.8 Å². The lowest BCUT2D eigenvalue weighted by molar-refractivity contribution is -0.121. The molecule has 0 N–H and O–H groups in total. The normalized spacial score (nSPS) is 16.5. The molecule has 1 amide bonds. The number of aromatic nitrogens is 1. The van der Waals surface area contributed by atoms with Crippen molar-refractivity contribution < 1.29 is 9.53 Å². The summed E-state index contributed by atoms with van der Waals surface area (Å²) in [4.78, 5) is 18.9. The summed E-state index contributed by atoms with van der Waals surface area (Å²) in [6.45, 7) is 4.69. The molecule has 0 saturated carbocycles. The molecule has 0 spiro atoms. The number of thioether (sulfide) groups is 1. The highest BCUT2D eigenvalue weighted by Gasteiger charge is 2.30. The van der Waals surface area contributed by atoms with Gasteiger partial charge in [-0.05, 0) is 73.1 Å². The monoisotopic (exact) mass is 431 g/mol. The Bertz CT molecular complexity index is 1160. The van der Waals surface area contributed by atoms with Gasteiger partial charge in [0.05, 0.1) is 4.91 Å². The molecule has 5 nitrogen and oxygen atoms in total. The Morgan fingerprint density at radius 1 is 1.06 bits per heavy atom. The predicted octanol–water partition coefficient (Wildman–Crippen LogP) is 5.21. The van der Waals surface area contributed by atoms with E-state index in [1.165, 1.54) is 11.8 Å². The first kappa shape index (κ1) is 21.0. The van der Waals surface area contributed by atoms with Crippen molar-refractivity contribution in [1.29, 1.82) is 0 Å². The molecular weight excluding hydrogens is 406 g/mol. The quantitative estimate of drug-likeness (QED) is 0.521. The lowest BCUT2D eigenvalue weighted by atomic mass is 10.2. The second-order valence-corrected chi connectivity index (χ2v) is 8.42. The number of amidine groups is 1. The maximum absolute atomic E-state index is 12.5. The first-order valence-corrected chi connectivity index (χ1v) is 10.9. The van der Waals surface area contributed by atoms with E-state index in [0.29, 0.717) is 11.5 Å². The summed E-state index contributed by atoms with van der Waals surface area (Å²) >= 11 is 1.41. The second kappa shape index (κ2) is 8.86. The Balaban J connectivity index is 1.55. The molecule has 0 radical (unpaired) electrons. The highest BCUT2D eigenvalue weighted by molar-refractivity contribution is 8.18. The minimum atomic E-state index is -0.0182. The zero-order valence-electron chi connectivity index (χ0n) is 18.1. The van der Waals surface area contributed by atoms with Gasteiger partial charge in [0.1, 0.15) is 12.4 Å². The molecule has 1 aliphatic heterocycles. The molecule has 0 atom stereocenters. The third-order valence-electron chi connectivity index (χ3n) is 5.30. The number of aliphatic imine (C=N–C) groups is 1. The summed E-state index contributed by atoms with van der Waals surface area (Å²) in [5, 5.41) is 0.719. The number of hydrogen-bond donors (Lipinski definition) is 0. The van der Waals surface area contributed by atoms with E-state index in [9.17, 15) is 4.79 Å². The number of aryl methyl sites for hydroxylation is 1. The van der Waals surface area contributed by atoms with Crippen LogP contribution in [0.2, 0.25) is 0 Å². The molecular formula is C25H25N3O2S. The maximum atomic E-state index is 12.5. The van der Waals surface area contributed by atoms with Gasteiger partial charge < -0.3 is 9.30 Å². The third kappa shape index (κ3) is 4.30. The van der Waals surface area contributed by atoms with Gasteiger partial charge in [0.25, 0.3) is 5.91 Å². The number of carbonyl (C=O) groups is 1. The molecule has 31 heavy (non-hydrogen) atoms. The third-order valence-corrected chi connectivity index (χ3v) is 6.45. The molecule has 2 heterocycles. The molecule has 1 saturated heterocycles. The molecule has 1 aliphatic rings.